The molecule has 20 heavy (non-hydrogen) atoms. The van der Waals surface area contributed by atoms with E-state index in [0.29, 0.717) is 0 Å². The molecule has 0 saturated carbocycles. The van der Waals surface area contributed by atoms with Crippen molar-refractivity contribution in [3.8, 4) is 11.4 Å². The van der Waals surface area contributed by atoms with Gasteiger partial charge >= 0.3 is 0 Å². The van der Waals surface area contributed by atoms with E-state index in [1.54, 1.807) is 0 Å². The molecule has 0 aliphatic rings. The number of nitrogens with two attached hydrogens (primary N) is 1. The number of imidazole rings is 1. The van der Waals surface area contributed by atoms with E-state index in [9.17, 15) is 0 Å². The molecule has 0 spiro atoms. The van der Waals surface area contributed by atoms with Crippen LogP contribution in [0.5, 0.6) is 0 Å². The van der Waals surface area contributed by atoms with Crippen LogP contribution in [0.3, 0.4) is 0 Å². The summed E-state index contributed by atoms with van der Waals surface area (Å²) in [6.07, 6.45) is 4.85. The lowest BCUT2D eigenvalue weighted by Gasteiger charge is -2.08. The van der Waals surface area contributed by atoms with Crippen LogP contribution in [0.15, 0.2) is 67.0 Å². The molecular formula is C17H17N3. The Hall–Kier alpha value is -2.55. The highest BCUT2D eigenvalue weighted by Crippen LogP contribution is 2.17. The van der Waals surface area contributed by atoms with Crippen molar-refractivity contribution in [2.24, 2.45) is 0 Å². The maximum Gasteiger partial charge on any atom is 0.139 e. The summed E-state index contributed by atoms with van der Waals surface area (Å²) >= 11 is 0. The molecule has 2 aromatic carbocycles. The smallest absolute Gasteiger partial charge is 0.139 e. The normalized spacial score (nSPS) is 10.6. The predicted molar refractivity (Wildman–Crippen MR) is 82.2 cm³/mol. The van der Waals surface area contributed by atoms with E-state index in [0.717, 1.165) is 30.0 Å². The van der Waals surface area contributed by atoms with Gasteiger partial charge in [-0.05, 0) is 24.1 Å². The summed E-state index contributed by atoms with van der Waals surface area (Å²) in [5.74, 6) is 1.01. The van der Waals surface area contributed by atoms with Crippen molar-refractivity contribution in [2.45, 2.75) is 13.0 Å². The third-order valence-electron chi connectivity index (χ3n) is 3.37. The molecule has 0 atom stereocenters. The van der Waals surface area contributed by atoms with E-state index in [4.69, 9.17) is 5.73 Å². The summed E-state index contributed by atoms with van der Waals surface area (Å²) < 4.78 is 2.19. The van der Waals surface area contributed by atoms with Crippen molar-refractivity contribution < 1.29 is 0 Å². The minimum Gasteiger partial charge on any atom is -0.399 e. The quantitative estimate of drug-likeness (QED) is 0.733. The first-order chi connectivity index (χ1) is 9.83. The van der Waals surface area contributed by atoms with Gasteiger partial charge in [0, 0.05) is 30.2 Å². The first kappa shape index (κ1) is 12.5. The van der Waals surface area contributed by atoms with E-state index in [-0.39, 0.29) is 0 Å². The molecule has 3 nitrogen and oxygen atoms in total. The van der Waals surface area contributed by atoms with Crippen molar-refractivity contribution in [1.82, 2.24) is 9.55 Å². The first-order valence-electron chi connectivity index (χ1n) is 6.74. The summed E-state index contributed by atoms with van der Waals surface area (Å²) in [6, 6.07) is 18.3. The average Bonchev–Trinajstić information content (AvgIpc) is 2.96. The van der Waals surface area contributed by atoms with E-state index < -0.39 is 0 Å². The van der Waals surface area contributed by atoms with Crippen LogP contribution in [0, 0.1) is 0 Å². The molecule has 0 aliphatic heterocycles. The molecule has 1 aromatic heterocycles. The molecule has 3 heteroatoms. The molecule has 0 aliphatic carbocycles. The molecule has 3 rings (SSSR count). The Morgan fingerprint density at radius 1 is 0.950 bits per heavy atom. The minimum atomic E-state index is 0.807. The number of rotatable bonds is 4. The van der Waals surface area contributed by atoms with Gasteiger partial charge in [0.25, 0.3) is 0 Å². The predicted octanol–water partition coefficient (Wildman–Crippen LogP) is 3.38. The fraction of sp³-hybridized carbons (Fsp3) is 0.118. The highest BCUT2D eigenvalue weighted by Gasteiger charge is 2.05. The largest absolute Gasteiger partial charge is 0.399 e. The lowest BCUT2D eigenvalue weighted by molar-refractivity contribution is 0.703. The fourth-order valence-corrected chi connectivity index (χ4v) is 2.27. The molecule has 100 valence electrons. The average molecular weight is 263 g/mol. The highest BCUT2D eigenvalue weighted by atomic mass is 15.1. The number of aryl methyl sites for hydroxylation is 2. The van der Waals surface area contributed by atoms with Crippen LogP contribution in [-0.4, -0.2) is 9.55 Å². The molecule has 1 heterocycles. The monoisotopic (exact) mass is 263 g/mol. The lowest BCUT2D eigenvalue weighted by atomic mass is 10.1. The summed E-state index contributed by atoms with van der Waals surface area (Å²) in [5, 5.41) is 0. The first-order valence-corrected chi connectivity index (χ1v) is 6.74. The molecular weight excluding hydrogens is 246 g/mol. The number of nitrogen functional groups attached to an aromatic ring is 1. The summed E-state index contributed by atoms with van der Waals surface area (Å²) in [6.45, 7) is 0.911. The Labute approximate surface area is 118 Å². The molecule has 0 saturated heterocycles. The van der Waals surface area contributed by atoms with Crippen molar-refractivity contribution in [1.29, 1.82) is 0 Å². The second-order valence-corrected chi connectivity index (χ2v) is 4.80. The zero-order valence-electron chi connectivity index (χ0n) is 11.2. The van der Waals surface area contributed by atoms with Crippen LogP contribution in [0.4, 0.5) is 5.69 Å². The Morgan fingerprint density at radius 3 is 2.45 bits per heavy atom. The molecule has 0 amide bonds. The second kappa shape index (κ2) is 5.61. The Kier molecular flexibility index (Phi) is 3.50. The summed E-state index contributed by atoms with van der Waals surface area (Å²) in [5.41, 5.74) is 8.94. The van der Waals surface area contributed by atoms with E-state index in [2.05, 4.69) is 33.8 Å². The molecule has 2 N–H and O–H groups in total. The van der Waals surface area contributed by atoms with Gasteiger partial charge in [0.05, 0.1) is 0 Å². The van der Waals surface area contributed by atoms with Gasteiger partial charge in [-0.2, -0.15) is 0 Å². The van der Waals surface area contributed by atoms with Gasteiger partial charge in [-0.25, -0.2) is 4.98 Å². The molecule has 0 unspecified atom stereocenters. The summed E-state index contributed by atoms with van der Waals surface area (Å²) in [4.78, 5) is 4.46. The Bertz CT molecular complexity index is 669. The number of hydrogen-bond donors (Lipinski definition) is 1. The van der Waals surface area contributed by atoms with Crippen molar-refractivity contribution in [3.63, 3.8) is 0 Å². The van der Waals surface area contributed by atoms with E-state index >= 15 is 0 Å². The van der Waals surface area contributed by atoms with Crippen LogP contribution in [-0.2, 0) is 13.0 Å². The minimum absolute atomic E-state index is 0.807. The van der Waals surface area contributed by atoms with E-state index in [1.807, 2.05) is 42.7 Å². The van der Waals surface area contributed by atoms with Gasteiger partial charge in [0.15, 0.2) is 0 Å². The van der Waals surface area contributed by atoms with Gasteiger partial charge in [0.1, 0.15) is 5.82 Å². The van der Waals surface area contributed by atoms with Crippen LogP contribution in [0.2, 0.25) is 0 Å². The third-order valence-corrected chi connectivity index (χ3v) is 3.37. The highest BCUT2D eigenvalue weighted by molar-refractivity contribution is 5.55. The van der Waals surface area contributed by atoms with Crippen molar-refractivity contribution in [3.05, 3.63) is 72.6 Å². The summed E-state index contributed by atoms with van der Waals surface area (Å²) in [7, 11) is 0. The fourth-order valence-electron chi connectivity index (χ4n) is 2.27. The van der Waals surface area contributed by atoms with Crippen LogP contribution >= 0.6 is 0 Å². The van der Waals surface area contributed by atoms with Gasteiger partial charge < -0.3 is 10.3 Å². The molecule has 0 fully saturated rings. The molecule has 3 aromatic rings. The van der Waals surface area contributed by atoms with Gasteiger partial charge in [0.2, 0.25) is 0 Å². The maximum absolute atomic E-state index is 5.70. The number of benzene rings is 2. The standard InChI is InChI=1S/C17H17N3/c18-16-8-6-14(7-9-16)10-12-20-13-11-19-17(20)15-4-2-1-3-5-15/h1-9,11,13H,10,12,18H2. The number of hydrogen-bond acceptors (Lipinski definition) is 2. The van der Waals surface area contributed by atoms with Crippen LogP contribution < -0.4 is 5.73 Å². The number of anilines is 1. The molecule has 0 bridgehead atoms. The SMILES string of the molecule is Nc1ccc(CCn2ccnc2-c2ccccc2)cc1. The Balaban J connectivity index is 1.76. The van der Waals surface area contributed by atoms with Gasteiger partial charge in [-0.15, -0.1) is 0 Å². The topological polar surface area (TPSA) is 43.8 Å². The van der Waals surface area contributed by atoms with Crippen LogP contribution in [0.25, 0.3) is 11.4 Å². The third kappa shape index (κ3) is 2.72. The number of nitrogens with zero attached hydrogens (tertiary/aromatic N) is 2. The van der Waals surface area contributed by atoms with Crippen LogP contribution in [0.1, 0.15) is 5.56 Å². The zero-order valence-corrected chi connectivity index (χ0v) is 11.2. The van der Waals surface area contributed by atoms with E-state index in [1.165, 1.54) is 5.56 Å². The number of aromatic nitrogens is 2. The Morgan fingerprint density at radius 2 is 1.70 bits per heavy atom. The second-order valence-electron chi connectivity index (χ2n) is 4.80. The van der Waals surface area contributed by atoms with Gasteiger partial charge in [-0.3, -0.25) is 0 Å². The molecule has 0 radical (unpaired) electrons. The van der Waals surface area contributed by atoms with Gasteiger partial charge in [-0.1, -0.05) is 42.5 Å². The van der Waals surface area contributed by atoms with Crippen molar-refractivity contribution in [2.75, 3.05) is 5.73 Å². The van der Waals surface area contributed by atoms with Crippen molar-refractivity contribution >= 4 is 5.69 Å². The zero-order chi connectivity index (χ0) is 13.8. The lowest BCUT2D eigenvalue weighted by Crippen LogP contribution is -2.02. The maximum atomic E-state index is 5.70.